The summed E-state index contributed by atoms with van der Waals surface area (Å²) in [7, 11) is 0. The molecule has 0 bridgehead atoms. The Balaban J connectivity index is 1.95. The van der Waals surface area contributed by atoms with Gasteiger partial charge in [-0.25, -0.2) is 9.19 Å². The molecule has 2 aromatic heterocycles. The number of benzene rings is 1. The number of aromatic nitrogens is 4. The van der Waals surface area contributed by atoms with Gasteiger partial charge in [-0.05, 0) is 30.2 Å². The monoisotopic (exact) mass is 339 g/mol. The average Bonchev–Trinajstić information content (AvgIpc) is 2.99. The van der Waals surface area contributed by atoms with Gasteiger partial charge in [-0.15, -0.1) is 5.10 Å². The molecule has 0 saturated heterocycles. The van der Waals surface area contributed by atoms with Crippen LogP contribution >= 0.6 is 11.6 Å². The minimum absolute atomic E-state index is 0.254. The number of anilines is 1. The second kappa shape index (κ2) is 5.71. The quantitative estimate of drug-likeness (QED) is 0.636. The van der Waals surface area contributed by atoms with E-state index in [1.54, 1.807) is 28.9 Å². The summed E-state index contributed by atoms with van der Waals surface area (Å²) in [5.74, 6) is 0.782. The van der Waals surface area contributed by atoms with Gasteiger partial charge in [0.25, 0.3) is 11.3 Å². The highest BCUT2D eigenvalue weighted by molar-refractivity contribution is 7.80. The van der Waals surface area contributed by atoms with Crippen LogP contribution in [0.3, 0.4) is 0 Å². The number of hydrogen-bond donors (Lipinski definition) is 3. The lowest BCUT2D eigenvalue weighted by atomic mass is 10.1. The topological polar surface area (TPSA) is 95.3 Å². The largest absolute Gasteiger partial charge is 0.289 e. The highest BCUT2D eigenvalue weighted by Gasteiger charge is 2.17. The van der Waals surface area contributed by atoms with Gasteiger partial charge in [0.15, 0.2) is 11.5 Å². The fourth-order valence-corrected chi connectivity index (χ4v) is 2.83. The van der Waals surface area contributed by atoms with Gasteiger partial charge in [-0.2, -0.15) is 4.63 Å². The van der Waals surface area contributed by atoms with Crippen LogP contribution in [0.4, 0.5) is 5.69 Å². The van der Waals surface area contributed by atoms with Gasteiger partial charge >= 0.3 is 0 Å². The second-order valence-corrected chi connectivity index (χ2v) is 6.17. The first-order valence-corrected chi connectivity index (χ1v) is 8.06. The lowest BCUT2D eigenvalue weighted by molar-refractivity contribution is 0.570. The fraction of sp³-hybridized carbons (Fsp3) is 0.231. The zero-order valence-corrected chi connectivity index (χ0v) is 13.4. The van der Waals surface area contributed by atoms with Crippen LogP contribution in [-0.2, 0) is 11.3 Å². The minimum Gasteiger partial charge on any atom is -0.289 e. The predicted molar refractivity (Wildman–Crippen MR) is 86.3 cm³/mol. The van der Waals surface area contributed by atoms with E-state index in [4.69, 9.17) is 16.2 Å². The standard InChI is InChI=1S/C13H14ClN5O2S/c1-7(2)11-10(14)13-15-12(17-19(13)16-11)8-3-5-9(6-4-8)18-22(20)21/h3-7,16,18H,1-2H3,(H,20,21). The zero-order valence-electron chi connectivity index (χ0n) is 11.9. The number of nitrogens with one attached hydrogen (secondary N) is 2. The molecule has 0 fully saturated rings. The smallest absolute Gasteiger partial charge is 0.259 e. The number of aromatic amines is 1. The molecule has 22 heavy (non-hydrogen) atoms. The van der Waals surface area contributed by atoms with E-state index in [2.05, 4.69) is 19.9 Å². The maximum Gasteiger partial charge on any atom is 0.259 e. The second-order valence-electron chi connectivity index (χ2n) is 5.09. The third-order valence-corrected chi connectivity index (χ3v) is 3.97. The van der Waals surface area contributed by atoms with E-state index in [9.17, 15) is 4.21 Å². The van der Waals surface area contributed by atoms with Crippen LogP contribution in [0.5, 0.6) is 0 Å². The molecular weight excluding hydrogens is 326 g/mol. The summed E-state index contributed by atoms with van der Waals surface area (Å²) < 4.78 is 23.4. The maximum atomic E-state index is 10.7. The molecule has 1 atom stereocenters. The first kappa shape index (κ1) is 15.0. The molecule has 0 spiro atoms. The van der Waals surface area contributed by atoms with Crippen LogP contribution in [-0.4, -0.2) is 28.6 Å². The highest BCUT2D eigenvalue weighted by atomic mass is 35.5. The zero-order chi connectivity index (χ0) is 15.9. The Hall–Kier alpha value is -1.90. The Bertz CT molecular complexity index is 840. The Morgan fingerprint density at radius 2 is 2.05 bits per heavy atom. The van der Waals surface area contributed by atoms with E-state index in [1.807, 2.05) is 13.8 Å². The van der Waals surface area contributed by atoms with Crippen LogP contribution in [0, 0.1) is 0 Å². The summed E-state index contributed by atoms with van der Waals surface area (Å²) in [5.41, 5.74) is 2.80. The summed E-state index contributed by atoms with van der Waals surface area (Å²) in [6.45, 7) is 4.07. The first-order chi connectivity index (χ1) is 10.5. The van der Waals surface area contributed by atoms with E-state index >= 15 is 0 Å². The molecule has 116 valence electrons. The van der Waals surface area contributed by atoms with Crippen molar-refractivity contribution in [3.05, 3.63) is 35.0 Å². The average molecular weight is 340 g/mol. The summed E-state index contributed by atoms with van der Waals surface area (Å²) in [5, 5.41) is 8.06. The molecule has 7 nitrogen and oxygen atoms in total. The van der Waals surface area contributed by atoms with Crippen molar-refractivity contribution in [2.45, 2.75) is 19.8 Å². The van der Waals surface area contributed by atoms with Gasteiger partial charge < -0.3 is 0 Å². The Morgan fingerprint density at radius 1 is 1.36 bits per heavy atom. The minimum atomic E-state index is -2.09. The van der Waals surface area contributed by atoms with Crippen LogP contribution in [0.1, 0.15) is 25.5 Å². The number of halogens is 1. The number of fused-ring (bicyclic) bond motifs is 1. The Kier molecular flexibility index (Phi) is 3.90. The molecule has 9 heteroatoms. The normalized spacial score (nSPS) is 13.0. The molecule has 0 aliphatic rings. The Labute approximate surface area is 134 Å². The van der Waals surface area contributed by atoms with Crippen molar-refractivity contribution in [2.24, 2.45) is 0 Å². The van der Waals surface area contributed by atoms with E-state index in [1.165, 1.54) is 0 Å². The molecule has 3 N–H and O–H groups in total. The van der Waals surface area contributed by atoms with Crippen molar-refractivity contribution in [1.29, 1.82) is 0 Å². The van der Waals surface area contributed by atoms with Gasteiger partial charge in [-0.3, -0.25) is 14.4 Å². The first-order valence-electron chi connectivity index (χ1n) is 6.58. The number of rotatable bonds is 4. The van der Waals surface area contributed by atoms with Gasteiger partial charge in [0, 0.05) is 11.3 Å². The van der Waals surface area contributed by atoms with Crippen molar-refractivity contribution in [1.82, 2.24) is 19.8 Å². The Morgan fingerprint density at radius 3 is 2.59 bits per heavy atom. The van der Waals surface area contributed by atoms with Crippen LogP contribution in [0.2, 0.25) is 5.02 Å². The lowest BCUT2D eigenvalue weighted by Crippen LogP contribution is -2.01. The molecule has 1 unspecified atom stereocenters. The molecule has 3 rings (SSSR count). The summed E-state index contributed by atoms with van der Waals surface area (Å²) in [6.07, 6.45) is 0. The summed E-state index contributed by atoms with van der Waals surface area (Å²) in [6, 6.07) is 6.89. The van der Waals surface area contributed by atoms with Gasteiger partial charge in [0.05, 0.1) is 5.69 Å². The van der Waals surface area contributed by atoms with Crippen molar-refractivity contribution in [3.63, 3.8) is 0 Å². The van der Waals surface area contributed by atoms with Crippen molar-refractivity contribution < 1.29 is 8.76 Å². The SMILES string of the molecule is CC(C)c1[nH]n2nc(-c3ccc(NS(=O)O)cc3)nc2c1Cl. The molecule has 0 amide bonds. The molecular formula is C13H14ClN5O2S. The van der Waals surface area contributed by atoms with E-state index in [-0.39, 0.29) is 5.92 Å². The van der Waals surface area contributed by atoms with Crippen molar-refractivity contribution in [3.8, 4) is 11.4 Å². The summed E-state index contributed by atoms with van der Waals surface area (Å²) in [4.78, 5) is 4.44. The van der Waals surface area contributed by atoms with Crippen LogP contribution in [0.25, 0.3) is 17.0 Å². The number of H-pyrrole nitrogens is 1. The van der Waals surface area contributed by atoms with Gasteiger partial charge in [0.1, 0.15) is 5.02 Å². The lowest BCUT2D eigenvalue weighted by Gasteiger charge is -2.02. The number of hydrogen-bond acceptors (Lipinski definition) is 3. The highest BCUT2D eigenvalue weighted by Crippen LogP contribution is 2.28. The number of nitrogens with zero attached hydrogens (tertiary/aromatic N) is 3. The van der Waals surface area contributed by atoms with Crippen LogP contribution < -0.4 is 4.72 Å². The van der Waals surface area contributed by atoms with E-state index < -0.39 is 11.3 Å². The molecule has 0 aliphatic carbocycles. The van der Waals surface area contributed by atoms with E-state index in [0.29, 0.717) is 22.2 Å². The molecule has 0 aliphatic heterocycles. The fourth-order valence-electron chi connectivity index (χ4n) is 2.11. The van der Waals surface area contributed by atoms with Gasteiger partial charge in [0.2, 0.25) is 0 Å². The van der Waals surface area contributed by atoms with Crippen molar-refractivity contribution >= 4 is 34.2 Å². The maximum absolute atomic E-state index is 10.7. The third kappa shape index (κ3) is 2.72. The third-order valence-electron chi connectivity index (χ3n) is 3.19. The van der Waals surface area contributed by atoms with Crippen molar-refractivity contribution in [2.75, 3.05) is 4.72 Å². The van der Waals surface area contributed by atoms with Crippen LogP contribution in [0.15, 0.2) is 24.3 Å². The molecule has 2 heterocycles. The summed E-state index contributed by atoms with van der Waals surface area (Å²) >= 11 is 4.22. The molecule has 3 aromatic rings. The molecule has 0 radical (unpaired) electrons. The molecule has 0 saturated carbocycles. The van der Waals surface area contributed by atoms with E-state index in [0.717, 1.165) is 11.3 Å². The van der Waals surface area contributed by atoms with Gasteiger partial charge in [-0.1, -0.05) is 25.4 Å². The predicted octanol–water partition coefficient (Wildman–Crippen LogP) is 3.05. The molecule has 1 aromatic carbocycles.